The molecule has 0 bridgehead atoms. The van der Waals surface area contributed by atoms with Gasteiger partial charge < -0.3 is 14.5 Å². The maximum Gasteiger partial charge on any atom is 0.256 e. The fourth-order valence-electron chi connectivity index (χ4n) is 3.63. The Morgan fingerprint density at radius 3 is 2.57 bits per heavy atom. The van der Waals surface area contributed by atoms with Crippen molar-refractivity contribution in [3.63, 3.8) is 0 Å². The van der Waals surface area contributed by atoms with Crippen LogP contribution in [-0.2, 0) is 0 Å². The van der Waals surface area contributed by atoms with Gasteiger partial charge in [0, 0.05) is 31.4 Å². The van der Waals surface area contributed by atoms with Crippen LogP contribution in [0, 0.1) is 0 Å². The van der Waals surface area contributed by atoms with E-state index in [1.54, 1.807) is 18.1 Å². The highest BCUT2D eigenvalue weighted by Gasteiger charge is 2.29. The number of hydrogen-bond acceptors (Lipinski definition) is 5. The van der Waals surface area contributed by atoms with Gasteiger partial charge in [0.05, 0.1) is 18.4 Å². The number of amides is 1. The molecule has 1 atom stereocenters. The van der Waals surface area contributed by atoms with Crippen LogP contribution >= 0.6 is 0 Å². The predicted molar refractivity (Wildman–Crippen MR) is 107 cm³/mol. The van der Waals surface area contributed by atoms with Crippen molar-refractivity contribution in [3.8, 4) is 11.4 Å². The molecule has 0 radical (unpaired) electrons. The van der Waals surface area contributed by atoms with E-state index in [1.807, 2.05) is 41.3 Å². The number of carbonyl (C=O) groups excluding carboxylic acids is 1. The fraction of sp³-hybridized carbons (Fsp3) is 0.286. The minimum Gasteiger partial charge on any atom is -0.497 e. The van der Waals surface area contributed by atoms with Gasteiger partial charge in [-0.1, -0.05) is 12.1 Å². The molecule has 0 spiro atoms. The van der Waals surface area contributed by atoms with Crippen molar-refractivity contribution in [2.45, 2.75) is 13.0 Å². The summed E-state index contributed by atoms with van der Waals surface area (Å²) >= 11 is 0. The van der Waals surface area contributed by atoms with Gasteiger partial charge in [-0.25, -0.2) is 9.67 Å². The maximum atomic E-state index is 13.3. The summed E-state index contributed by atoms with van der Waals surface area (Å²) in [6.07, 6.45) is 3.08. The normalized spacial score (nSPS) is 16.9. The molecule has 3 aromatic rings. The molecule has 2 aromatic carbocycles. The second kappa shape index (κ2) is 7.72. The van der Waals surface area contributed by atoms with Gasteiger partial charge in [-0.05, 0) is 43.3 Å². The summed E-state index contributed by atoms with van der Waals surface area (Å²) < 4.78 is 6.86. The topological polar surface area (TPSA) is 63.5 Å². The Morgan fingerprint density at radius 1 is 1.11 bits per heavy atom. The second-order valence-electron chi connectivity index (χ2n) is 6.85. The number of ether oxygens (including phenoxy) is 1. The Morgan fingerprint density at radius 2 is 1.89 bits per heavy atom. The molecule has 0 unspecified atom stereocenters. The van der Waals surface area contributed by atoms with Gasteiger partial charge in [0.25, 0.3) is 5.91 Å². The molecule has 1 aromatic heterocycles. The number of rotatable bonds is 4. The van der Waals surface area contributed by atoms with Crippen molar-refractivity contribution in [1.82, 2.24) is 19.7 Å². The molecule has 0 N–H and O–H groups in total. The molecule has 1 fully saturated rings. The first-order valence-electron chi connectivity index (χ1n) is 9.31. The average molecular weight is 377 g/mol. The van der Waals surface area contributed by atoms with Gasteiger partial charge in [0.1, 0.15) is 18.4 Å². The third-order valence-corrected chi connectivity index (χ3v) is 5.13. The molecule has 2 heterocycles. The minimum atomic E-state index is 0.0213. The summed E-state index contributed by atoms with van der Waals surface area (Å²) in [5.41, 5.74) is 2.52. The van der Waals surface area contributed by atoms with Crippen molar-refractivity contribution in [2.24, 2.45) is 0 Å². The zero-order valence-electron chi connectivity index (χ0n) is 16.0. The van der Waals surface area contributed by atoms with E-state index in [1.165, 1.54) is 6.33 Å². The van der Waals surface area contributed by atoms with Crippen molar-refractivity contribution >= 4 is 11.6 Å². The largest absolute Gasteiger partial charge is 0.497 e. The van der Waals surface area contributed by atoms with Gasteiger partial charge in [-0.2, -0.15) is 5.10 Å². The van der Waals surface area contributed by atoms with Crippen molar-refractivity contribution < 1.29 is 9.53 Å². The molecule has 1 aliphatic rings. The summed E-state index contributed by atoms with van der Waals surface area (Å²) in [6.45, 7) is 4.32. The second-order valence-corrected chi connectivity index (χ2v) is 6.85. The van der Waals surface area contributed by atoms with E-state index in [9.17, 15) is 4.79 Å². The summed E-state index contributed by atoms with van der Waals surface area (Å²) in [4.78, 5) is 21.5. The molecular formula is C21H23N5O2. The van der Waals surface area contributed by atoms with Crippen molar-refractivity contribution in [2.75, 3.05) is 31.6 Å². The monoisotopic (exact) mass is 377 g/mol. The first-order valence-corrected chi connectivity index (χ1v) is 9.31. The van der Waals surface area contributed by atoms with Gasteiger partial charge in [0.2, 0.25) is 0 Å². The quantitative estimate of drug-likeness (QED) is 0.699. The zero-order valence-corrected chi connectivity index (χ0v) is 16.0. The number of aromatic nitrogens is 3. The number of hydrogen-bond donors (Lipinski definition) is 0. The molecule has 1 amide bonds. The summed E-state index contributed by atoms with van der Waals surface area (Å²) in [5, 5.41) is 4.18. The molecule has 1 saturated heterocycles. The Labute approximate surface area is 164 Å². The highest BCUT2D eigenvalue weighted by molar-refractivity contribution is 5.98. The predicted octanol–water partition coefficient (Wildman–Crippen LogP) is 2.63. The number of methoxy groups -OCH3 is 1. The Kier molecular flexibility index (Phi) is 4.97. The number of anilines is 1. The number of carbonyl (C=O) groups is 1. The minimum absolute atomic E-state index is 0.0213. The van der Waals surface area contributed by atoms with Gasteiger partial charge in [-0.3, -0.25) is 4.79 Å². The summed E-state index contributed by atoms with van der Waals surface area (Å²) in [7, 11) is 1.67. The Hall–Kier alpha value is -3.35. The van der Waals surface area contributed by atoms with Crippen LogP contribution in [0.4, 0.5) is 5.69 Å². The van der Waals surface area contributed by atoms with Gasteiger partial charge >= 0.3 is 0 Å². The van der Waals surface area contributed by atoms with Crippen LogP contribution < -0.4 is 9.64 Å². The molecule has 28 heavy (non-hydrogen) atoms. The van der Waals surface area contributed by atoms with E-state index < -0.39 is 0 Å². The molecule has 1 aliphatic heterocycles. The van der Waals surface area contributed by atoms with E-state index in [0.717, 1.165) is 30.2 Å². The van der Waals surface area contributed by atoms with Crippen LogP contribution in [0.2, 0.25) is 0 Å². The maximum absolute atomic E-state index is 13.3. The van der Waals surface area contributed by atoms with Crippen LogP contribution in [0.25, 0.3) is 5.69 Å². The summed E-state index contributed by atoms with van der Waals surface area (Å²) in [6, 6.07) is 15.7. The van der Waals surface area contributed by atoms with Crippen LogP contribution in [0.15, 0.2) is 61.2 Å². The van der Waals surface area contributed by atoms with Crippen LogP contribution in [0.3, 0.4) is 0 Å². The highest BCUT2D eigenvalue weighted by atomic mass is 16.5. The van der Waals surface area contributed by atoms with E-state index >= 15 is 0 Å². The van der Waals surface area contributed by atoms with Crippen LogP contribution in [-0.4, -0.2) is 58.4 Å². The molecule has 144 valence electrons. The number of para-hydroxylation sites is 1. The summed E-state index contributed by atoms with van der Waals surface area (Å²) in [5.74, 6) is 0.864. The van der Waals surface area contributed by atoms with E-state index in [2.05, 4.69) is 34.0 Å². The number of benzene rings is 2. The third-order valence-electron chi connectivity index (χ3n) is 5.13. The number of nitrogens with zero attached hydrogens (tertiary/aromatic N) is 5. The molecular weight excluding hydrogens is 354 g/mol. The lowest BCUT2D eigenvalue weighted by Crippen LogP contribution is -2.54. The Balaban J connectivity index is 1.51. The van der Waals surface area contributed by atoms with E-state index in [0.29, 0.717) is 12.1 Å². The standard InChI is InChI=1S/C21H23N5O2/c1-16-13-24(17-7-9-18(28-2)10-8-17)11-12-25(16)21(27)19-5-3-4-6-20(19)26-15-22-14-23-26/h3-10,14-16H,11-13H2,1-2H3/t16-/m0/s1. The third kappa shape index (κ3) is 3.43. The molecule has 0 aliphatic carbocycles. The van der Waals surface area contributed by atoms with Crippen molar-refractivity contribution in [3.05, 3.63) is 66.7 Å². The lowest BCUT2D eigenvalue weighted by Gasteiger charge is -2.41. The van der Waals surface area contributed by atoms with Gasteiger partial charge in [-0.15, -0.1) is 0 Å². The van der Waals surface area contributed by atoms with Crippen LogP contribution in [0.1, 0.15) is 17.3 Å². The average Bonchev–Trinajstić information content (AvgIpc) is 3.28. The Bertz CT molecular complexity index is 940. The van der Waals surface area contributed by atoms with E-state index in [4.69, 9.17) is 4.74 Å². The lowest BCUT2D eigenvalue weighted by atomic mass is 10.1. The van der Waals surface area contributed by atoms with Crippen molar-refractivity contribution in [1.29, 1.82) is 0 Å². The zero-order chi connectivity index (χ0) is 19.5. The first kappa shape index (κ1) is 18.0. The lowest BCUT2D eigenvalue weighted by molar-refractivity contribution is 0.0674. The molecule has 4 rings (SSSR count). The molecule has 7 heteroatoms. The van der Waals surface area contributed by atoms with Crippen LogP contribution in [0.5, 0.6) is 5.75 Å². The molecule has 7 nitrogen and oxygen atoms in total. The SMILES string of the molecule is COc1ccc(N2CCN(C(=O)c3ccccc3-n3cncn3)[C@@H](C)C2)cc1. The fourth-order valence-corrected chi connectivity index (χ4v) is 3.63. The van der Waals surface area contributed by atoms with E-state index in [-0.39, 0.29) is 11.9 Å². The smallest absolute Gasteiger partial charge is 0.256 e. The highest BCUT2D eigenvalue weighted by Crippen LogP contribution is 2.24. The van der Waals surface area contributed by atoms with Gasteiger partial charge in [0.15, 0.2) is 0 Å². The number of piperazine rings is 1. The first-order chi connectivity index (χ1) is 13.7. The molecule has 0 saturated carbocycles.